The van der Waals surface area contributed by atoms with Crippen molar-refractivity contribution in [1.29, 1.82) is 0 Å². The molecule has 2 N–H and O–H groups in total. The SMILES string of the molecule is FC(F)(F)c1cc(CCCCCCCCCCCCc2cc(C(F)(F)F)n[nH]2)[nH]n1. The summed E-state index contributed by atoms with van der Waals surface area (Å²) in [6.45, 7) is 0. The quantitative estimate of drug-likeness (QED) is 0.265. The van der Waals surface area contributed by atoms with Crippen LogP contribution in [0.4, 0.5) is 26.3 Å². The Hall–Kier alpha value is -2.00. The number of unbranched alkanes of at least 4 members (excludes halogenated alkanes) is 9. The molecule has 0 unspecified atom stereocenters. The second kappa shape index (κ2) is 11.4. The molecular weight excluding hydrogens is 410 g/mol. The Kier molecular flexibility index (Phi) is 9.23. The Labute approximate surface area is 171 Å². The molecule has 170 valence electrons. The number of aromatic amines is 2. The van der Waals surface area contributed by atoms with Crippen LogP contribution in [0, 0.1) is 0 Å². The third-order valence-electron chi connectivity index (χ3n) is 4.98. The summed E-state index contributed by atoms with van der Waals surface area (Å²) in [5, 5.41) is 11.5. The van der Waals surface area contributed by atoms with Gasteiger partial charge in [-0.3, -0.25) is 10.2 Å². The highest BCUT2D eigenvalue weighted by molar-refractivity contribution is 5.12. The van der Waals surface area contributed by atoms with Gasteiger partial charge >= 0.3 is 12.4 Å². The first-order chi connectivity index (χ1) is 14.2. The third kappa shape index (κ3) is 8.79. The molecule has 0 spiro atoms. The predicted molar refractivity (Wildman–Crippen MR) is 101 cm³/mol. The first kappa shape index (κ1) is 24.3. The first-order valence-corrected chi connectivity index (χ1v) is 10.4. The van der Waals surface area contributed by atoms with Gasteiger partial charge in [-0.25, -0.2) is 0 Å². The van der Waals surface area contributed by atoms with Gasteiger partial charge in [-0.15, -0.1) is 0 Å². The third-order valence-corrected chi connectivity index (χ3v) is 4.98. The topological polar surface area (TPSA) is 57.4 Å². The standard InChI is InChI=1S/C20H28F6N4/c21-19(22,23)17-13-15(27-29-17)11-9-7-5-3-1-2-4-6-8-10-12-16-14-18(30-28-16)20(24,25)26/h13-14H,1-12H2,(H,27,29)(H,28,30). The van der Waals surface area contributed by atoms with Crippen molar-refractivity contribution in [2.75, 3.05) is 0 Å². The number of hydrogen-bond acceptors (Lipinski definition) is 2. The molecule has 2 aromatic rings. The maximum Gasteiger partial charge on any atom is 0.435 e. The van der Waals surface area contributed by atoms with Crippen molar-refractivity contribution >= 4 is 0 Å². The van der Waals surface area contributed by atoms with Gasteiger partial charge in [-0.05, 0) is 37.8 Å². The molecule has 0 saturated carbocycles. The number of rotatable bonds is 13. The van der Waals surface area contributed by atoms with Gasteiger partial charge in [-0.2, -0.15) is 36.5 Å². The van der Waals surface area contributed by atoms with Crippen molar-refractivity contribution in [2.24, 2.45) is 0 Å². The van der Waals surface area contributed by atoms with Crippen molar-refractivity contribution < 1.29 is 26.3 Å². The van der Waals surface area contributed by atoms with Gasteiger partial charge in [-0.1, -0.05) is 51.4 Å². The molecule has 0 aliphatic rings. The van der Waals surface area contributed by atoms with Gasteiger partial charge in [0.2, 0.25) is 0 Å². The highest BCUT2D eigenvalue weighted by Gasteiger charge is 2.34. The van der Waals surface area contributed by atoms with E-state index in [0.717, 1.165) is 76.3 Å². The Morgan fingerprint density at radius 2 is 0.833 bits per heavy atom. The van der Waals surface area contributed by atoms with Crippen LogP contribution in [0.25, 0.3) is 0 Å². The minimum Gasteiger partial charge on any atom is -0.282 e. The van der Waals surface area contributed by atoms with E-state index in [1.165, 1.54) is 0 Å². The van der Waals surface area contributed by atoms with Crippen LogP contribution in [0.2, 0.25) is 0 Å². The number of aromatic nitrogens is 4. The van der Waals surface area contributed by atoms with Gasteiger partial charge in [0.1, 0.15) is 0 Å². The molecule has 0 bridgehead atoms. The zero-order valence-electron chi connectivity index (χ0n) is 16.8. The van der Waals surface area contributed by atoms with Crippen molar-refractivity contribution in [3.8, 4) is 0 Å². The van der Waals surface area contributed by atoms with Gasteiger partial charge in [0.05, 0.1) is 0 Å². The van der Waals surface area contributed by atoms with Gasteiger partial charge < -0.3 is 0 Å². The summed E-state index contributed by atoms with van der Waals surface area (Å²) in [5.41, 5.74) is -0.694. The van der Waals surface area contributed by atoms with E-state index in [9.17, 15) is 26.3 Å². The molecular formula is C20H28F6N4. The molecule has 4 nitrogen and oxygen atoms in total. The minimum absolute atomic E-state index is 0.520. The van der Waals surface area contributed by atoms with E-state index < -0.39 is 23.7 Å². The fourth-order valence-corrected chi connectivity index (χ4v) is 3.31. The summed E-state index contributed by atoms with van der Waals surface area (Å²) < 4.78 is 74.7. The lowest BCUT2D eigenvalue weighted by molar-refractivity contribution is -0.142. The molecule has 0 atom stereocenters. The van der Waals surface area contributed by atoms with E-state index in [0.29, 0.717) is 24.2 Å². The van der Waals surface area contributed by atoms with Crippen LogP contribution in [0.1, 0.15) is 87.0 Å². The molecule has 2 aromatic heterocycles. The zero-order chi connectivity index (χ0) is 22.0. The van der Waals surface area contributed by atoms with Crippen LogP contribution in [-0.2, 0) is 25.2 Å². The molecule has 2 heterocycles. The first-order valence-electron chi connectivity index (χ1n) is 10.4. The van der Waals surface area contributed by atoms with Crippen LogP contribution >= 0.6 is 0 Å². The number of aryl methyl sites for hydroxylation is 2. The zero-order valence-corrected chi connectivity index (χ0v) is 16.8. The number of halogens is 6. The molecule has 10 heteroatoms. The van der Waals surface area contributed by atoms with Crippen LogP contribution < -0.4 is 0 Å². The smallest absolute Gasteiger partial charge is 0.282 e. The van der Waals surface area contributed by atoms with Crippen molar-refractivity contribution in [3.63, 3.8) is 0 Å². The van der Waals surface area contributed by atoms with Crippen molar-refractivity contribution in [2.45, 2.75) is 89.4 Å². The summed E-state index contributed by atoms with van der Waals surface area (Å²) in [4.78, 5) is 0. The molecule has 30 heavy (non-hydrogen) atoms. The number of nitrogens with one attached hydrogen (secondary N) is 2. The minimum atomic E-state index is -4.40. The van der Waals surface area contributed by atoms with E-state index in [1.54, 1.807) is 0 Å². The number of H-pyrrole nitrogens is 2. The van der Waals surface area contributed by atoms with E-state index in [2.05, 4.69) is 20.4 Å². The molecule has 0 saturated heterocycles. The van der Waals surface area contributed by atoms with Gasteiger partial charge in [0.15, 0.2) is 11.4 Å². The molecule has 0 aromatic carbocycles. The average molecular weight is 438 g/mol. The fraction of sp³-hybridized carbons (Fsp3) is 0.700. The Bertz CT molecular complexity index is 670. The molecule has 0 aliphatic heterocycles. The number of hydrogen-bond donors (Lipinski definition) is 2. The molecule has 0 fully saturated rings. The second-order valence-corrected chi connectivity index (χ2v) is 7.59. The maximum atomic E-state index is 12.5. The van der Waals surface area contributed by atoms with Crippen LogP contribution in [0.5, 0.6) is 0 Å². The summed E-state index contributed by atoms with van der Waals surface area (Å²) in [6.07, 6.45) is 2.54. The monoisotopic (exact) mass is 438 g/mol. The van der Waals surface area contributed by atoms with Crippen LogP contribution in [0.15, 0.2) is 12.1 Å². The summed E-state index contributed by atoms with van der Waals surface area (Å²) >= 11 is 0. The summed E-state index contributed by atoms with van der Waals surface area (Å²) in [7, 11) is 0. The van der Waals surface area contributed by atoms with E-state index >= 15 is 0 Å². The van der Waals surface area contributed by atoms with Gasteiger partial charge in [0, 0.05) is 11.4 Å². The average Bonchev–Trinajstić information content (AvgIpc) is 3.31. The normalized spacial score (nSPS) is 12.6. The van der Waals surface area contributed by atoms with Crippen molar-refractivity contribution in [3.05, 3.63) is 34.9 Å². The van der Waals surface area contributed by atoms with Gasteiger partial charge in [0.25, 0.3) is 0 Å². The molecule has 0 amide bonds. The predicted octanol–water partition coefficient (Wildman–Crippen LogP) is 6.86. The van der Waals surface area contributed by atoms with E-state index in [1.807, 2.05) is 0 Å². The Balaban J connectivity index is 1.40. The van der Waals surface area contributed by atoms with Crippen molar-refractivity contribution in [1.82, 2.24) is 20.4 Å². The largest absolute Gasteiger partial charge is 0.435 e. The second-order valence-electron chi connectivity index (χ2n) is 7.59. The van der Waals surface area contributed by atoms with E-state index in [4.69, 9.17) is 0 Å². The number of nitrogens with zero attached hydrogens (tertiary/aromatic N) is 2. The summed E-state index contributed by atoms with van der Waals surface area (Å²) in [6, 6.07) is 2.14. The maximum absolute atomic E-state index is 12.5. The summed E-state index contributed by atoms with van der Waals surface area (Å²) in [5.74, 6) is 0. The molecule has 2 rings (SSSR count). The molecule has 0 radical (unpaired) electrons. The number of alkyl halides is 6. The lowest BCUT2D eigenvalue weighted by Gasteiger charge is -2.03. The van der Waals surface area contributed by atoms with Crippen LogP contribution in [-0.4, -0.2) is 20.4 Å². The highest BCUT2D eigenvalue weighted by atomic mass is 19.4. The lowest BCUT2D eigenvalue weighted by atomic mass is 10.0. The highest BCUT2D eigenvalue weighted by Crippen LogP contribution is 2.28. The Morgan fingerprint density at radius 3 is 1.10 bits per heavy atom. The lowest BCUT2D eigenvalue weighted by Crippen LogP contribution is -2.04. The van der Waals surface area contributed by atoms with Crippen LogP contribution in [0.3, 0.4) is 0 Å². The van der Waals surface area contributed by atoms with E-state index in [-0.39, 0.29) is 0 Å². The molecule has 0 aliphatic carbocycles. The fourth-order valence-electron chi connectivity index (χ4n) is 3.31. The Morgan fingerprint density at radius 1 is 0.533 bits per heavy atom.